The van der Waals surface area contributed by atoms with Gasteiger partial charge in [0.2, 0.25) is 5.95 Å². The summed E-state index contributed by atoms with van der Waals surface area (Å²) in [7, 11) is 0. The second kappa shape index (κ2) is 9.84. The molecule has 0 atom stereocenters. The summed E-state index contributed by atoms with van der Waals surface area (Å²) in [5.41, 5.74) is 5.41. The van der Waals surface area contributed by atoms with Crippen molar-refractivity contribution in [1.82, 2.24) is 34.9 Å². The maximum Gasteiger partial charge on any atom is 0.229 e. The van der Waals surface area contributed by atoms with E-state index in [1.165, 1.54) is 6.07 Å². The van der Waals surface area contributed by atoms with E-state index in [0.717, 1.165) is 43.5 Å². The van der Waals surface area contributed by atoms with Gasteiger partial charge in [-0.1, -0.05) is 6.07 Å². The number of hydroxylamine groups is 1. The average Bonchev–Trinajstić information content (AvgIpc) is 3.20. The summed E-state index contributed by atoms with van der Waals surface area (Å²) in [6.07, 6.45) is 1.84. The van der Waals surface area contributed by atoms with Gasteiger partial charge in [-0.15, -0.1) is 0 Å². The minimum absolute atomic E-state index is 0.00597. The van der Waals surface area contributed by atoms with Crippen molar-refractivity contribution in [3.05, 3.63) is 59.2 Å². The lowest BCUT2D eigenvalue weighted by molar-refractivity contribution is 0.142. The third kappa shape index (κ3) is 4.64. The highest BCUT2D eigenvalue weighted by Gasteiger charge is 2.20. The standard InChI is InChI=1S/C25H28F2N8O/c1-14(2)35-15(3)30-24-18(26)10-17(11-21(24)35)23-19(27)12-28-25(33-23)32-22-5-4-16-13-34(9-7-29-36)8-6-20(16)31-22/h4-5,10-12,14,29,36H,6-9,13H2,1-3H3,(H,28,31,32,33). The molecule has 0 spiro atoms. The molecular formula is C25H28F2N8O. The quantitative estimate of drug-likeness (QED) is 0.330. The van der Waals surface area contributed by atoms with Crippen LogP contribution in [0.4, 0.5) is 20.5 Å². The fraction of sp³-hybridized carbons (Fsp3) is 0.360. The molecule has 0 aliphatic carbocycles. The van der Waals surface area contributed by atoms with E-state index in [-0.39, 0.29) is 23.2 Å². The maximum atomic E-state index is 14.9. The first kappa shape index (κ1) is 24.2. The Morgan fingerprint density at radius 1 is 1.11 bits per heavy atom. The van der Waals surface area contributed by atoms with Crippen LogP contribution in [0.25, 0.3) is 22.3 Å². The Labute approximate surface area is 207 Å². The van der Waals surface area contributed by atoms with E-state index in [0.29, 0.717) is 29.3 Å². The molecule has 9 nitrogen and oxygen atoms in total. The molecule has 1 aromatic carbocycles. The smallest absolute Gasteiger partial charge is 0.229 e. The number of fused-ring (bicyclic) bond motifs is 2. The van der Waals surface area contributed by atoms with Gasteiger partial charge in [-0.05, 0) is 44.5 Å². The van der Waals surface area contributed by atoms with Crippen LogP contribution in [0.1, 0.15) is 37.0 Å². The summed E-state index contributed by atoms with van der Waals surface area (Å²) in [6, 6.07) is 6.85. The topological polar surface area (TPSA) is 104 Å². The Morgan fingerprint density at radius 3 is 2.72 bits per heavy atom. The van der Waals surface area contributed by atoms with Gasteiger partial charge in [0.05, 0.1) is 11.7 Å². The molecule has 0 saturated heterocycles. The Bertz CT molecular complexity index is 1420. The molecule has 3 aromatic heterocycles. The number of halogens is 2. The molecule has 0 bridgehead atoms. The summed E-state index contributed by atoms with van der Waals surface area (Å²) >= 11 is 0. The Morgan fingerprint density at radius 2 is 1.94 bits per heavy atom. The molecule has 3 N–H and O–H groups in total. The van der Waals surface area contributed by atoms with Crippen LogP contribution in [0.5, 0.6) is 0 Å². The van der Waals surface area contributed by atoms with E-state index < -0.39 is 11.6 Å². The molecule has 4 aromatic rings. The van der Waals surface area contributed by atoms with E-state index in [2.05, 4.69) is 35.6 Å². The zero-order valence-electron chi connectivity index (χ0n) is 20.4. The van der Waals surface area contributed by atoms with E-state index in [9.17, 15) is 8.78 Å². The molecule has 0 unspecified atom stereocenters. The lowest BCUT2D eigenvalue weighted by Gasteiger charge is -2.28. The number of anilines is 2. The van der Waals surface area contributed by atoms with Crippen molar-refractivity contribution in [1.29, 1.82) is 0 Å². The highest BCUT2D eigenvalue weighted by Crippen LogP contribution is 2.30. The summed E-state index contributed by atoms with van der Waals surface area (Å²) in [6.45, 7) is 8.63. The molecule has 4 heterocycles. The third-order valence-corrected chi connectivity index (χ3v) is 6.37. The number of imidazole rings is 1. The van der Waals surface area contributed by atoms with Gasteiger partial charge in [0.25, 0.3) is 0 Å². The van der Waals surface area contributed by atoms with Gasteiger partial charge in [0.15, 0.2) is 11.6 Å². The first-order valence-corrected chi connectivity index (χ1v) is 11.9. The number of rotatable bonds is 7. The first-order chi connectivity index (χ1) is 17.3. The van der Waals surface area contributed by atoms with Gasteiger partial charge >= 0.3 is 0 Å². The monoisotopic (exact) mass is 494 g/mol. The molecule has 5 rings (SSSR count). The van der Waals surface area contributed by atoms with Crippen LogP contribution in [0.3, 0.4) is 0 Å². The average molecular weight is 495 g/mol. The summed E-state index contributed by atoms with van der Waals surface area (Å²) in [4.78, 5) is 19.7. The van der Waals surface area contributed by atoms with E-state index in [1.807, 2.05) is 37.5 Å². The zero-order valence-corrected chi connectivity index (χ0v) is 20.4. The zero-order chi connectivity index (χ0) is 25.4. The molecule has 11 heteroatoms. The third-order valence-electron chi connectivity index (χ3n) is 6.37. The SMILES string of the molecule is Cc1nc2c(F)cc(-c3nc(Nc4ccc5c(n4)CCN(CCNO)C5)ncc3F)cc2n1C(C)C. The Balaban J connectivity index is 1.43. The van der Waals surface area contributed by atoms with Crippen molar-refractivity contribution >= 4 is 22.8 Å². The molecule has 0 radical (unpaired) electrons. The fourth-order valence-corrected chi connectivity index (χ4v) is 4.74. The van der Waals surface area contributed by atoms with E-state index in [1.54, 1.807) is 6.07 Å². The number of aromatic nitrogens is 5. The predicted molar refractivity (Wildman–Crippen MR) is 132 cm³/mol. The second-order valence-electron chi connectivity index (χ2n) is 9.20. The molecule has 188 valence electrons. The predicted octanol–water partition coefficient (Wildman–Crippen LogP) is 4.14. The fourth-order valence-electron chi connectivity index (χ4n) is 4.74. The van der Waals surface area contributed by atoms with Gasteiger partial charge in [-0.3, -0.25) is 4.90 Å². The number of hydrogen-bond donors (Lipinski definition) is 3. The highest BCUT2D eigenvalue weighted by atomic mass is 19.1. The van der Waals surface area contributed by atoms with E-state index >= 15 is 0 Å². The number of hydrogen-bond acceptors (Lipinski definition) is 8. The first-order valence-electron chi connectivity index (χ1n) is 11.9. The number of nitrogens with zero attached hydrogens (tertiary/aromatic N) is 6. The summed E-state index contributed by atoms with van der Waals surface area (Å²) in [5.74, 6) is 0.222. The van der Waals surface area contributed by atoms with Crippen molar-refractivity contribution in [2.24, 2.45) is 0 Å². The number of pyridine rings is 1. The number of benzene rings is 1. The van der Waals surface area contributed by atoms with Crippen molar-refractivity contribution in [3.8, 4) is 11.3 Å². The lowest BCUT2D eigenvalue weighted by Crippen LogP contribution is -2.35. The van der Waals surface area contributed by atoms with Gasteiger partial charge in [0, 0.05) is 49.9 Å². The van der Waals surface area contributed by atoms with Crippen LogP contribution in [0.15, 0.2) is 30.5 Å². The van der Waals surface area contributed by atoms with Crippen LogP contribution in [-0.4, -0.2) is 54.2 Å². The van der Waals surface area contributed by atoms with Crippen LogP contribution < -0.4 is 10.8 Å². The van der Waals surface area contributed by atoms with Gasteiger partial charge < -0.3 is 15.1 Å². The van der Waals surface area contributed by atoms with Crippen molar-refractivity contribution < 1.29 is 14.0 Å². The van der Waals surface area contributed by atoms with Crippen LogP contribution in [-0.2, 0) is 13.0 Å². The maximum absolute atomic E-state index is 14.9. The highest BCUT2D eigenvalue weighted by molar-refractivity contribution is 5.83. The number of nitrogens with one attached hydrogen (secondary N) is 2. The Kier molecular flexibility index (Phi) is 6.61. The van der Waals surface area contributed by atoms with Gasteiger partial charge in [-0.25, -0.2) is 34.2 Å². The largest absolute Gasteiger partial charge is 0.326 e. The molecule has 0 fully saturated rings. The molecule has 0 amide bonds. The molecule has 1 aliphatic rings. The van der Waals surface area contributed by atoms with Crippen molar-refractivity contribution in [2.75, 3.05) is 25.0 Å². The number of aryl methyl sites for hydroxylation is 1. The van der Waals surface area contributed by atoms with Gasteiger partial charge in [0.1, 0.15) is 22.9 Å². The Hall–Kier alpha value is -3.54. The second-order valence-corrected chi connectivity index (χ2v) is 9.20. The summed E-state index contributed by atoms with van der Waals surface area (Å²) < 4.78 is 31.7. The molecular weight excluding hydrogens is 466 g/mol. The molecule has 0 saturated carbocycles. The normalized spacial score (nSPS) is 14.0. The molecule has 36 heavy (non-hydrogen) atoms. The van der Waals surface area contributed by atoms with Gasteiger partial charge in [-0.2, -0.15) is 0 Å². The molecule has 1 aliphatic heterocycles. The van der Waals surface area contributed by atoms with E-state index in [4.69, 9.17) is 5.21 Å². The van der Waals surface area contributed by atoms with Crippen LogP contribution >= 0.6 is 0 Å². The van der Waals surface area contributed by atoms with Crippen LogP contribution in [0, 0.1) is 18.6 Å². The van der Waals surface area contributed by atoms with Crippen molar-refractivity contribution in [3.63, 3.8) is 0 Å². The summed E-state index contributed by atoms with van der Waals surface area (Å²) in [5, 5.41) is 11.9. The minimum atomic E-state index is -0.650. The minimum Gasteiger partial charge on any atom is -0.326 e. The van der Waals surface area contributed by atoms with Crippen LogP contribution in [0.2, 0.25) is 0 Å². The van der Waals surface area contributed by atoms with Crippen molar-refractivity contribution in [2.45, 2.75) is 39.8 Å². The lowest BCUT2D eigenvalue weighted by atomic mass is 10.1.